The summed E-state index contributed by atoms with van der Waals surface area (Å²) in [4.78, 5) is 27.9. The number of aliphatic hydroxyl groups is 1. The van der Waals surface area contributed by atoms with Crippen LogP contribution >= 0.6 is 7.60 Å². The van der Waals surface area contributed by atoms with Crippen molar-refractivity contribution in [1.29, 1.82) is 0 Å². The van der Waals surface area contributed by atoms with E-state index >= 15 is 0 Å². The van der Waals surface area contributed by atoms with E-state index in [1.807, 2.05) is 0 Å². The zero-order valence-corrected chi connectivity index (χ0v) is 6.76. The summed E-state index contributed by atoms with van der Waals surface area (Å²) in [5, 5.41) is 17.4. The van der Waals surface area contributed by atoms with Crippen LogP contribution in [0.1, 0.15) is 6.42 Å². The van der Waals surface area contributed by atoms with Crippen LogP contribution < -0.4 is 0 Å². The molecule has 0 radical (unpaired) electrons. The molecule has 0 aromatic rings. The summed E-state index contributed by atoms with van der Waals surface area (Å²) >= 11 is 0. The van der Waals surface area contributed by atoms with E-state index in [0.717, 1.165) is 0 Å². The lowest BCUT2D eigenvalue weighted by Crippen LogP contribution is -2.30. The second-order valence-corrected chi connectivity index (χ2v) is 4.31. The molecule has 0 saturated carbocycles. The topological polar surface area (TPSA) is 118 Å². The lowest BCUT2D eigenvalue weighted by Gasteiger charge is -2.10. The first-order valence-corrected chi connectivity index (χ1v) is 4.77. The van der Waals surface area contributed by atoms with Gasteiger partial charge in [-0.25, -0.2) is 0 Å². The van der Waals surface area contributed by atoms with Crippen molar-refractivity contribution in [3.05, 3.63) is 0 Å². The number of hydrogen-bond acceptors (Lipinski definition) is 4. The summed E-state index contributed by atoms with van der Waals surface area (Å²) in [5.74, 6) is -1.14. The fourth-order valence-corrected chi connectivity index (χ4v) is 1.85. The molecular formula is C4H8NO6P. The van der Waals surface area contributed by atoms with Gasteiger partial charge in [0.25, 0.3) is 5.91 Å². The van der Waals surface area contributed by atoms with Gasteiger partial charge >= 0.3 is 7.60 Å². The number of hydrogen-bond donors (Lipinski definition) is 4. The molecule has 70 valence electrons. The quantitative estimate of drug-likeness (QED) is 0.299. The van der Waals surface area contributed by atoms with E-state index in [1.165, 1.54) is 0 Å². The summed E-state index contributed by atoms with van der Waals surface area (Å²) < 4.78 is 10.6. The van der Waals surface area contributed by atoms with E-state index in [0.29, 0.717) is 0 Å². The molecule has 1 saturated heterocycles. The molecule has 0 aliphatic carbocycles. The number of amides is 1. The highest BCUT2D eigenvalue weighted by Gasteiger charge is 2.47. The highest BCUT2D eigenvalue weighted by Crippen LogP contribution is 2.46. The summed E-state index contributed by atoms with van der Waals surface area (Å²) in [6.45, 7) is 0. The minimum Gasteiger partial charge on any atom is -0.371 e. The molecule has 0 aromatic heterocycles. The lowest BCUT2D eigenvalue weighted by molar-refractivity contribution is -0.189. The summed E-state index contributed by atoms with van der Waals surface area (Å²) in [6.07, 6.45) is -1.96. The van der Waals surface area contributed by atoms with Crippen molar-refractivity contribution in [3.8, 4) is 0 Å². The molecule has 1 fully saturated rings. The Bertz CT molecular complexity index is 248. The van der Waals surface area contributed by atoms with Crippen LogP contribution in [0.15, 0.2) is 0 Å². The van der Waals surface area contributed by atoms with Crippen LogP contribution in [0.3, 0.4) is 0 Å². The predicted octanol–water partition coefficient (Wildman–Crippen LogP) is -1.53. The molecule has 2 atom stereocenters. The monoisotopic (exact) mass is 197 g/mol. The summed E-state index contributed by atoms with van der Waals surface area (Å²) in [7, 11) is -4.56. The average Bonchev–Trinajstić information content (AvgIpc) is 2.15. The van der Waals surface area contributed by atoms with Crippen LogP contribution in [0.25, 0.3) is 0 Å². The Morgan fingerprint density at radius 2 is 2.00 bits per heavy atom. The van der Waals surface area contributed by atoms with Crippen molar-refractivity contribution in [3.63, 3.8) is 0 Å². The molecule has 4 N–H and O–H groups in total. The van der Waals surface area contributed by atoms with Gasteiger partial charge in [-0.3, -0.25) is 14.6 Å². The first-order valence-electron chi connectivity index (χ1n) is 3.09. The van der Waals surface area contributed by atoms with Crippen LogP contribution in [0.5, 0.6) is 0 Å². The van der Waals surface area contributed by atoms with E-state index in [1.54, 1.807) is 0 Å². The largest absolute Gasteiger partial charge is 0.371 e. The van der Waals surface area contributed by atoms with Gasteiger partial charge in [0, 0.05) is 6.42 Å². The summed E-state index contributed by atoms with van der Waals surface area (Å²) in [6, 6.07) is 0. The van der Waals surface area contributed by atoms with Crippen molar-refractivity contribution in [2.24, 2.45) is 0 Å². The second-order valence-electron chi connectivity index (χ2n) is 2.50. The molecule has 7 nitrogen and oxygen atoms in total. The Morgan fingerprint density at radius 3 is 2.17 bits per heavy atom. The third-order valence-electron chi connectivity index (χ3n) is 1.63. The number of nitrogens with zero attached hydrogens (tertiary/aromatic N) is 1. The van der Waals surface area contributed by atoms with Crippen molar-refractivity contribution in [2.45, 2.75) is 18.3 Å². The van der Waals surface area contributed by atoms with Crippen molar-refractivity contribution in [2.75, 3.05) is 0 Å². The zero-order valence-electron chi connectivity index (χ0n) is 5.86. The fraction of sp³-hybridized carbons (Fsp3) is 0.750. The smallest absolute Gasteiger partial charge is 0.338 e. The number of hydroxylamine groups is 2. The van der Waals surface area contributed by atoms with Gasteiger partial charge in [-0.1, -0.05) is 0 Å². The van der Waals surface area contributed by atoms with Crippen molar-refractivity contribution >= 4 is 13.5 Å². The fourth-order valence-electron chi connectivity index (χ4n) is 0.981. The maximum Gasteiger partial charge on any atom is 0.338 e. The third-order valence-corrected chi connectivity index (χ3v) is 2.88. The maximum absolute atomic E-state index is 10.8. The van der Waals surface area contributed by atoms with Gasteiger partial charge < -0.3 is 14.9 Å². The molecule has 1 aliphatic heterocycles. The second kappa shape index (κ2) is 2.79. The van der Waals surface area contributed by atoms with Crippen LogP contribution in [0.2, 0.25) is 0 Å². The molecule has 1 amide bonds. The minimum atomic E-state index is -4.56. The first-order chi connectivity index (χ1) is 5.34. The van der Waals surface area contributed by atoms with Gasteiger partial charge in [-0.15, -0.1) is 0 Å². The van der Waals surface area contributed by atoms with Crippen LogP contribution in [-0.2, 0) is 9.36 Å². The predicted molar refractivity (Wildman–Crippen MR) is 35.1 cm³/mol. The van der Waals surface area contributed by atoms with Crippen LogP contribution in [-0.4, -0.2) is 43.0 Å². The first kappa shape index (κ1) is 9.63. The van der Waals surface area contributed by atoms with Crippen LogP contribution in [0.4, 0.5) is 0 Å². The van der Waals surface area contributed by atoms with Gasteiger partial charge in [-0.2, -0.15) is 5.06 Å². The number of rotatable bonds is 1. The average molecular weight is 197 g/mol. The Morgan fingerprint density at radius 1 is 1.50 bits per heavy atom. The number of carbonyl (C=O) groups is 1. The minimum absolute atomic E-state index is 0.0657. The van der Waals surface area contributed by atoms with E-state index < -0.39 is 31.8 Å². The van der Waals surface area contributed by atoms with Crippen LogP contribution in [0, 0.1) is 0 Å². The molecule has 12 heavy (non-hydrogen) atoms. The van der Waals surface area contributed by atoms with Gasteiger partial charge in [0.1, 0.15) is 5.66 Å². The Balaban J connectivity index is 2.86. The number of aliphatic hydroxyl groups excluding tert-OH is 1. The Hall–Kier alpha value is -0.460. The highest BCUT2D eigenvalue weighted by atomic mass is 31.2. The third kappa shape index (κ3) is 1.50. The molecule has 0 bridgehead atoms. The molecule has 0 aromatic carbocycles. The van der Waals surface area contributed by atoms with E-state index in [2.05, 4.69) is 0 Å². The highest BCUT2D eigenvalue weighted by molar-refractivity contribution is 7.53. The number of carbonyl (C=O) groups excluding carboxylic acids is 1. The molecule has 1 aliphatic rings. The molecule has 8 heteroatoms. The molecule has 0 unspecified atom stereocenters. The maximum atomic E-state index is 10.8. The standard InChI is InChI=1S/C4H8NO6P/c6-3-1-2(12(9,10)11)4(7)5(3)8/h2-3,6,8H,1H2,(H2,9,10,11)/t2-,3+/m0/s1. The zero-order chi connectivity index (χ0) is 9.52. The van der Waals surface area contributed by atoms with E-state index in [4.69, 9.17) is 20.1 Å². The van der Waals surface area contributed by atoms with E-state index in [-0.39, 0.29) is 5.06 Å². The lowest BCUT2D eigenvalue weighted by atomic mass is 10.3. The molecule has 1 rings (SSSR count). The summed E-state index contributed by atoms with van der Waals surface area (Å²) in [5.41, 5.74) is -1.61. The van der Waals surface area contributed by atoms with Gasteiger partial charge in [0.15, 0.2) is 6.23 Å². The van der Waals surface area contributed by atoms with Gasteiger partial charge in [0.05, 0.1) is 0 Å². The normalized spacial score (nSPS) is 31.3. The van der Waals surface area contributed by atoms with Gasteiger partial charge in [0.2, 0.25) is 0 Å². The SMILES string of the molecule is O=C1[C@@H](P(=O)(O)O)C[C@@H](O)N1O. The molecule has 0 spiro atoms. The van der Waals surface area contributed by atoms with Gasteiger partial charge in [-0.05, 0) is 0 Å². The molecule has 1 heterocycles. The Kier molecular flexibility index (Phi) is 2.24. The van der Waals surface area contributed by atoms with Crippen molar-refractivity contribution in [1.82, 2.24) is 5.06 Å². The van der Waals surface area contributed by atoms with E-state index in [9.17, 15) is 9.36 Å². The van der Waals surface area contributed by atoms with Crippen molar-refractivity contribution < 1.29 is 29.5 Å². The molecular weight excluding hydrogens is 189 g/mol. The Labute approximate surface area is 67.3 Å².